The second-order valence-corrected chi connectivity index (χ2v) is 6.12. The third kappa shape index (κ3) is 3.21. The van der Waals surface area contributed by atoms with Crippen LogP contribution in [0.2, 0.25) is 0 Å². The van der Waals surface area contributed by atoms with Gasteiger partial charge in [0.25, 0.3) is 0 Å². The highest BCUT2D eigenvalue weighted by atomic mass is 14.7. The van der Waals surface area contributed by atoms with E-state index in [1.807, 2.05) is 19.3 Å². The van der Waals surface area contributed by atoms with Crippen molar-refractivity contribution in [2.24, 2.45) is 5.73 Å². The zero-order valence-electron chi connectivity index (χ0n) is 12.1. The minimum absolute atomic E-state index is 0.0151. The Balaban J connectivity index is 2.35. The number of pyridine rings is 1. The van der Waals surface area contributed by atoms with E-state index < -0.39 is 0 Å². The standard InChI is InChI=1S/C17H22N2/c1-12(18)14-9-15(11-19-10-14)13-5-7-16(8-6-13)17(2,3)4/h5-12H,18H2,1-4H3. The van der Waals surface area contributed by atoms with Crippen LogP contribution in [0.5, 0.6) is 0 Å². The Hall–Kier alpha value is -1.67. The number of hydrogen-bond acceptors (Lipinski definition) is 2. The molecule has 1 heterocycles. The van der Waals surface area contributed by atoms with E-state index >= 15 is 0 Å². The van der Waals surface area contributed by atoms with Crippen LogP contribution < -0.4 is 5.73 Å². The summed E-state index contributed by atoms with van der Waals surface area (Å²) in [5.74, 6) is 0. The fourth-order valence-electron chi connectivity index (χ4n) is 2.03. The van der Waals surface area contributed by atoms with Gasteiger partial charge in [0.1, 0.15) is 0 Å². The van der Waals surface area contributed by atoms with Crippen molar-refractivity contribution in [3.05, 3.63) is 53.9 Å². The third-order valence-electron chi connectivity index (χ3n) is 3.37. The molecular formula is C17H22N2. The second-order valence-electron chi connectivity index (χ2n) is 6.12. The molecule has 0 spiro atoms. The maximum absolute atomic E-state index is 5.90. The molecule has 0 aliphatic carbocycles. The number of hydrogen-bond donors (Lipinski definition) is 1. The molecule has 2 heteroatoms. The van der Waals surface area contributed by atoms with Crippen molar-refractivity contribution < 1.29 is 0 Å². The molecule has 0 saturated carbocycles. The summed E-state index contributed by atoms with van der Waals surface area (Å²) in [6, 6.07) is 10.8. The molecule has 1 aromatic heterocycles. The largest absolute Gasteiger partial charge is 0.324 e. The minimum Gasteiger partial charge on any atom is -0.324 e. The summed E-state index contributed by atoms with van der Waals surface area (Å²) in [6.45, 7) is 8.64. The summed E-state index contributed by atoms with van der Waals surface area (Å²) in [4.78, 5) is 4.27. The van der Waals surface area contributed by atoms with Gasteiger partial charge >= 0.3 is 0 Å². The van der Waals surface area contributed by atoms with E-state index in [4.69, 9.17) is 5.73 Å². The molecule has 0 saturated heterocycles. The number of nitrogens with zero attached hydrogens (tertiary/aromatic N) is 1. The lowest BCUT2D eigenvalue weighted by Gasteiger charge is -2.19. The van der Waals surface area contributed by atoms with Crippen molar-refractivity contribution in [2.75, 3.05) is 0 Å². The van der Waals surface area contributed by atoms with Gasteiger partial charge in [-0.05, 0) is 35.1 Å². The summed E-state index contributed by atoms with van der Waals surface area (Å²) >= 11 is 0. The summed E-state index contributed by atoms with van der Waals surface area (Å²) in [7, 11) is 0. The highest BCUT2D eigenvalue weighted by molar-refractivity contribution is 5.63. The van der Waals surface area contributed by atoms with Gasteiger partial charge in [-0.25, -0.2) is 0 Å². The Morgan fingerprint density at radius 2 is 1.63 bits per heavy atom. The quantitative estimate of drug-likeness (QED) is 0.877. The molecular weight excluding hydrogens is 232 g/mol. The van der Waals surface area contributed by atoms with Crippen molar-refractivity contribution in [3.63, 3.8) is 0 Å². The number of benzene rings is 1. The Morgan fingerprint density at radius 3 is 2.16 bits per heavy atom. The van der Waals surface area contributed by atoms with E-state index in [-0.39, 0.29) is 11.5 Å². The third-order valence-corrected chi connectivity index (χ3v) is 3.37. The van der Waals surface area contributed by atoms with Crippen LogP contribution in [0.15, 0.2) is 42.7 Å². The summed E-state index contributed by atoms with van der Waals surface area (Å²) in [5, 5.41) is 0. The predicted octanol–water partition coefficient (Wildman–Crippen LogP) is 4.07. The average molecular weight is 254 g/mol. The van der Waals surface area contributed by atoms with Gasteiger partial charge in [-0.1, -0.05) is 45.0 Å². The first-order chi connectivity index (χ1) is 8.88. The Morgan fingerprint density at radius 1 is 1.00 bits per heavy atom. The Kier molecular flexibility index (Phi) is 3.72. The molecule has 0 amide bonds. The number of nitrogens with two attached hydrogens (primary N) is 1. The van der Waals surface area contributed by atoms with Crippen LogP contribution in [-0.2, 0) is 5.41 Å². The number of aromatic nitrogens is 1. The topological polar surface area (TPSA) is 38.9 Å². The number of rotatable bonds is 2. The highest BCUT2D eigenvalue weighted by Crippen LogP contribution is 2.26. The molecule has 0 aliphatic heterocycles. The molecule has 0 fully saturated rings. The van der Waals surface area contributed by atoms with Crippen LogP contribution in [0.3, 0.4) is 0 Å². The molecule has 2 rings (SSSR count). The van der Waals surface area contributed by atoms with E-state index in [1.165, 1.54) is 11.1 Å². The first-order valence-corrected chi connectivity index (χ1v) is 6.69. The van der Waals surface area contributed by atoms with Crippen molar-refractivity contribution in [1.29, 1.82) is 0 Å². The van der Waals surface area contributed by atoms with Crippen LogP contribution in [0.25, 0.3) is 11.1 Å². The fourth-order valence-corrected chi connectivity index (χ4v) is 2.03. The fraction of sp³-hybridized carbons (Fsp3) is 0.353. The smallest absolute Gasteiger partial charge is 0.0346 e. The molecule has 0 bridgehead atoms. The van der Waals surface area contributed by atoms with Gasteiger partial charge in [0.05, 0.1) is 0 Å². The van der Waals surface area contributed by atoms with Crippen LogP contribution in [-0.4, -0.2) is 4.98 Å². The molecule has 0 aliphatic rings. The summed E-state index contributed by atoms with van der Waals surface area (Å²) in [5.41, 5.74) is 10.8. The van der Waals surface area contributed by atoms with Gasteiger partial charge in [-0.3, -0.25) is 4.98 Å². The molecule has 1 unspecified atom stereocenters. The van der Waals surface area contributed by atoms with Gasteiger partial charge in [-0.2, -0.15) is 0 Å². The molecule has 19 heavy (non-hydrogen) atoms. The lowest BCUT2D eigenvalue weighted by Crippen LogP contribution is -2.10. The average Bonchev–Trinajstić information content (AvgIpc) is 2.38. The second kappa shape index (κ2) is 5.14. The van der Waals surface area contributed by atoms with E-state index in [2.05, 4.69) is 56.1 Å². The highest BCUT2D eigenvalue weighted by Gasteiger charge is 2.13. The van der Waals surface area contributed by atoms with Crippen molar-refractivity contribution >= 4 is 0 Å². The van der Waals surface area contributed by atoms with Gasteiger partial charge in [0.15, 0.2) is 0 Å². The first kappa shape index (κ1) is 13.8. The van der Waals surface area contributed by atoms with Gasteiger partial charge in [0.2, 0.25) is 0 Å². The van der Waals surface area contributed by atoms with Crippen molar-refractivity contribution in [2.45, 2.75) is 39.2 Å². The molecule has 100 valence electrons. The van der Waals surface area contributed by atoms with Crippen LogP contribution in [0.1, 0.15) is 44.9 Å². The van der Waals surface area contributed by atoms with Crippen LogP contribution in [0, 0.1) is 0 Å². The first-order valence-electron chi connectivity index (χ1n) is 6.69. The van der Waals surface area contributed by atoms with E-state index in [9.17, 15) is 0 Å². The SMILES string of the molecule is CC(N)c1cncc(-c2ccc(C(C)(C)C)cc2)c1. The molecule has 2 N–H and O–H groups in total. The molecule has 2 aromatic rings. The predicted molar refractivity (Wildman–Crippen MR) is 81.0 cm³/mol. The lowest BCUT2D eigenvalue weighted by molar-refractivity contribution is 0.590. The monoisotopic (exact) mass is 254 g/mol. The molecule has 2 nitrogen and oxygen atoms in total. The van der Waals surface area contributed by atoms with E-state index in [1.54, 1.807) is 0 Å². The molecule has 1 atom stereocenters. The van der Waals surface area contributed by atoms with Gasteiger partial charge < -0.3 is 5.73 Å². The zero-order valence-corrected chi connectivity index (χ0v) is 12.1. The normalized spacial score (nSPS) is 13.3. The Bertz CT molecular complexity index is 548. The Labute approximate surface area is 115 Å². The van der Waals surface area contributed by atoms with Crippen molar-refractivity contribution in [1.82, 2.24) is 4.98 Å². The van der Waals surface area contributed by atoms with Crippen LogP contribution in [0.4, 0.5) is 0 Å². The lowest BCUT2D eigenvalue weighted by atomic mass is 9.86. The van der Waals surface area contributed by atoms with Crippen molar-refractivity contribution in [3.8, 4) is 11.1 Å². The minimum atomic E-state index is 0.0151. The molecule has 0 radical (unpaired) electrons. The summed E-state index contributed by atoms with van der Waals surface area (Å²) in [6.07, 6.45) is 3.72. The van der Waals surface area contributed by atoms with Crippen LogP contribution >= 0.6 is 0 Å². The maximum atomic E-state index is 5.90. The van der Waals surface area contributed by atoms with E-state index in [0.717, 1.165) is 11.1 Å². The molecule has 1 aromatic carbocycles. The van der Waals surface area contributed by atoms with Gasteiger partial charge in [0, 0.05) is 24.0 Å². The zero-order chi connectivity index (χ0) is 14.0. The van der Waals surface area contributed by atoms with Gasteiger partial charge in [-0.15, -0.1) is 0 Å². The maximum Gasteiger partial charge on any atom is 0.0346 e. The summed E-state index contributed by atoms with van der Waals surface area (Å²) < 4.78 is 0. The van der Waals surface area contributed by atoms with E-state index in [0.29, 0.717) is 0 Å².